The third kappa shape index (κ3) is 3.47. The number of amides is 1. The van der Waals surface area contributed by atoms with Crippen molar-refractivity contribution in [1.29, 1.82) is 0 Å². The van der Waals surface area contributed by atoms with Crippen molar-refractivity contribution in [3.8, 4) is 0 Å². The largest absolute Gasteiger partial charge is 0.353 e. The number of hydrogen-bond donors (Lipinski definition) is 1. The highest BCUT2D eigenvalue weighted by atomic mass is 79.9. The normalized spacial score (nSPS) is 32.3. The first-order valence-electron chi connectivity index (χ1n) is 6.70. The van der Waals surface area contributed by atoms with Crippen LogP contribution in [0.4, 0.5) is 0 Å². The fourth-order valence-electron chi connectivity index (χ4n) is 2.88. The van der Waals surface area contributed by atoms with Crippen LogP contribution in [-0.4, -0.2) is 16.8 Å². The Morgan fingerprint density at radius 3 is 2.19 bits per heavy atom. The molecule has 0 aliphatic heterocycles. The third-order valence-electron chi connectivity index (χ3n) is 3.98. The highest BCUT2D eigenvalue weighted by Gasteiger charge is 2.25. The Morgan fingerprint density at radius 1 is 0.938 bits per heavy atom. The minimum Gasteiger partial charge on any atom is -0.353 e. The van der Waals surface area contributed by atoms with E-state index >= 15 is 0 Å². The van der Waals surface area contributed by atoms with Crippen molar-refractivity contribution < 1.29 is 4.79 Å². The first-order chi connectivity index (χ1) is 7.75. The number of carbonyl (C=O) groups is 1. The van der Waals surface area contributed by atoms with Crippen molar-refractivity contribution >= 4 is 21.8 Å². The molecule has 0 bridgehead atoms. The monoisotopic (exact) mass is 287 g/mol. The summed E-state index contributed by atoms with van der Waals surface area (Å²) in [6.07, 6.45) is 10.7. The van der Waals surface area contributed by atoms with Gasteiger partial charge in [-0.1, -0.05) is 35.2 Å². The predicted molar refractivity (Wildman–Crippen MR) is 69.7 cm³/mol. The molecule has 16 heavy (non-hydrogen) atoms. The van der Waals surface area contributed by atoms with Crippen LogP contribution in [0.5, 0.6) is 0 Å². The standard InChI is InChI=1S/C13H22BrNO/c14-11-6-8-12(9-7-11)15-13(16)10-4-2-1-3-5-10/h10-12H,1-9H2,(H,15,16). The van der Waals surface area contributed by atoms with E-state index < -0.39 is 0 Å². The van der Waals surface area contributed by atoms with Crippen LogP contribution in [0.1, 0.15) is 57.8 Å². The van der Waals surface area contributed by atoms with Crippen LogP contribution >= 0.6 is 15.9 Å². The summed E-state index contributed by atoms with van der Waals surface area (Å²) in [7, 11) is 0. The Labute approximate surface area is 107 Å². The van der Waals surface area contributed by atoms with Crippen LogP contribution in [-0.2, 0) is 4.79 Å². The third-order valence-corrected chi connectivity index (χ3v) is 4.89. The zero-order valence-electron chi connectivity index (χ0n) is 9.88. The summed E-state index contributed by atoms with van der Waals surface area (Å²) in [4.78, 5) is 12.7. The molecule has 2 aliphatic carbocycles. The molecule has 0 radical (unpaired) electrons. The minimum absolute atomic E-state index is 0.315. The molecule has 0 saturated heterocycles. The fraction of sp³-hybridized carbons (Fsp3) is 0.923. The molecule has 0 aromatic heterocycles. The number of carbonyl (C=O) groups excluding carboxylic acids is 1. The second-order valence-electron chi connectivity index (χ2n) is 5.29. The van der Waals surface area contributed by atoms with Crippen molar-refractivity contribution in [2.24, 2.45) is 5.92 Å². The van der Waals surface area contributed by atoms with E-state index in [1.165, 1.54) is 32.1 Å². The minimum atomic E-state index is 0.315. The Balaban J connectivity index is 1.73. The SMILES string of the molecule is O=C(NC1CCC(Br)CC1)C1CCCCC1. The van der Waals surface area contributed by atoms with E-state index in [1.54, 1.807) is 0 Å². The topological polar surface area (TPSA) is 29.1 Å². The summed E-state index contributed by atoms with van der Waals surface area (Å²) in [5.41, 5.74) is 0. The Kier molecular flexibility index (Phi) is 4.68. The second kappa shape index (κ2) is 6.04. The maximum Gasteiger partial charge on any atom is 0.223 e. The number of alkyl halides is 1. The summed E-state index contributed by atoms with van der Waals surface area (Å²) < 4.78 is 0. The van der Waals surface area contributed by atoms with E-state index in [1.807, 2.05) is 0 Å². The lowest BCUT2D eigenvalue weighted by Crippen LogP contribution is -2.41. The Hall–Kier alpha value is -0.0500. The summed E-state index contributed by atoms with van der Waals surface area (Å²) >= 11 is 3.65. The molecule has 0 atom stereocenters. The van der Waals surface area contributed by atoms with Gasteiger partial charge in [-0.15, -0.1) is 0 Å². The van der Waals surface area contributed by atoms with Crippen LogP contribution in [0, 0.1) is 5.92 Å². The molecule has 2 saturated carbocycles. The number of rotatable bonds is 2. The zero-order chi connectivity index (χ0) is 11.4. The quantitative estimate of drug-likeness (QED) is 0.775. The van der Waals surface area contributed by atoms with Gasteiger partial charge in [0.1, 0.15) is 0 Å². The van der Waals surface area contributed by atoms with Crippen molar-refractivity contribution in [2.45, 2.75) is 68.7 Å². The van der Waals surface area contributed by atoms with Crippen molar-refractivity contribution in [3.05, 3.63) is 0 Å². The molecule has 2 fully saturated rings. The van der Waals surface area contributed by atoms with Crippen LogP contribution < -0.4 is 5.32 Å². The molecular formula is C13H22BrNO. The van der Waals surface area contributed by atoms with Crippen LogP contribution in [0.3, 0.4) is 0 Å². The first-order valence-corrected chi connectivity index (χ1v) is 7.61. The van der Waals surface area contributed by atoms with Crippen molar-refractivity contribution in [3.63, 3.8) is 0 Å². The Morgan fingerprint density at radius 2 is 1.56 bits per heavy atom. The van der Waals surface area contributed by atoms with Crippen molar-refractivity contribution in [2.75, 3.05) is 0 Å². The molecule has 0 aromatic rings. The Bertz CT molecular complexity index is 230. The summed E-state index contributed by atoms with van der Waals surface area (Å²) in [6, 6.07) is 0.447. The van der Waals surface area contributed by atoms with Crippen LogP contribution in [0.25, 0.3) is 0 Å². The molecule has 1 N–H and O–H groups in total. The zero-order valence-corrected chi connectivity index (χ0v) is 11.5. The first kappa shape index (κ1) is 12.4. The summed E-state index contributed by atoms with van der Waals surface area (Å²) in [5.74, 6) is 0.646. The molecule has 92 valence electrons. The molecule has 0 aromatic carbocycles. The lowest BCUT2D eigenvalue weighted by Gasteiger charge is -2.29. The highest BCUT2D eigenvalue weighted by molar-refractivity contribution is 9.09. The lowest BCUT2D eigenvalue weighted by molar-refractivity contribution is -0.126. The summed E-state index contributed by atoms with van der Waals surface area (Å²) in [6.45, 7) is 0. The van der Waals surface area contributed by atoms with Gasteiger partial charge in [-0.05, 0) is 38.5 Å². The molecular weight excluding hydrogens is 266 g/mol. The predicted octanol–water partition coefficient (Wildman–Crippen LogP) is 3.39. The van der Waals surface area contributed by atoms with Gasteiger partial charge in [0.15, 0.2) is 0 Å². The van der Waals surface area contributed by atoms with Gasteiger partial charge in [0.05, 0.1) is 0 Å². The molecule has 2 aliphatic rings. The van der Waals surface area contributed by atoms with Gasteiger partial charge in [0.25, 0.3) is 0 Å². The number of halogens is 1. The second-order valence-corrected chi connectivity index (χ2v) is 6.59. The van der Waals surface area contributed by atoms with Crippen LogP contribution in [0.15, 0.2) is 0 Å². The lowest BCUT2D eigenvalue weighted by atomic mass is 9.87. The van der Waals surface area contributed by atoms with E-state index in [4.69, 9.17) is 0 Å². The van der Waals surface area contributed by atoms with Gasteiger partial charge in [0, 0.05) is 16.8 Å². The molecule has 3 heteroatoms. The van der Waals surface area contributed by atoms with E-state index in [0.29, 0.717) is 22.7 Å². The molecule has 0 spiro atoms. The molecule has 0 unspecified atom stereocenters. The van der Waals surface area contributed by atoms with E-state index in [9.17, 15) is 4.79 Å². The van der Waals surface area contributed by atoms with E-state index in [2.05, 4.69) is 21.2 Å². The number of nitrogens with one attached hydrogen (secondary N) is 1. The smallest absolute Gasteiger partial charge is 0.223 e. The van der Waals surface area contributed by atoms with Gasteiger partial charge in [0.2, 0.25) is 5.91 Å². The highest BCUT2D eigenvalue weighted by Crippen LogP contribution is 2.26. The van der Waals surface area contributed by atoms with Gasteiger partial charge < -0.3 is 5.32 Å². The average molecular weight is 288 g/mol. The molecule has 0 heterocycles. The van der Waals surface area contributed by atoms with Gasteiger partial charge in [-0.3, -0.25) is 4.79 Å². The molecule has 2 nitrogen and oxygen atoms in total. The van der Waals surface area contributed by atoms with Crippen molar-refractivity contribution in [1.82, 2.24) is 5.32 Å². The van der Waals surface area contributed by atoms with Gasteiger partial charge in [-0.2, -0.15) is 0 Å². The maximum atomic E-state index is 12.0. The molecule has 1 amide bonds. The van der Waals surface area contributed by atoms with E-state index in [0.717, 1.165) is 25.7 Å². The van der Waals surface area contributed by atoms with E-state index in [-0.39, 0.29) is 0 Å². The van der Waals surface area contributed by atoms with Gasteiger partial charge in [-0.25, -0.2) is 0 Å². The maximum absolute atomic E-state index is 12.0. The fourth-order valence-corrected chi connectivity index (χ4v) is 3.41. The average Bonchev–Trinajstić information content (AvgIpc) is 2.33. The number of hydrogen-bond acceptors (Lipinski definition) is 1. The molecule has 2 rings (SSSR count). The summed E-state index contributed by atoms with van der Waals surface area (Å²) in [5, 5.41) is 3.25. The van der Waals surface area contributed by atoms with Crippen LogP contribution in [0.2, 0.25) is 0 Å². The van der Waals surface area contributed by atoms with Gasteiger partial charge >= 0.3 is 0 Å².